The molecule has 1 fully saturated rings. The summed E-state index contributed by atoms with van der Waals surface area (Å²) in [5.41, 5.74) is 0. The highest BCUT2D eigenvalue weighted by molar-refractivity contribution is 4.82. The number of aromatic nitrogens is 3. The van der Waals surface area contributed by atoms with Crippen molar-refractivity contribution in [3.63, 3.8) is 0 Å². The zero-order chi connectivity index (χ0) is 11.4. The Morgan fingerprint density at radius 1 is 1.62 bits per heavy atom. The third-order valence-corrected chi connectivity index (χ3v) is 2.67. The van der Waals surface area contributed by atoms with Crippen LogP contribution in [0.25, 0.3) is 0 Å². The fourth-order valence-corrected chi connectivity index (χ4v) is 1.79. The lowest BCUT2D eigenvalue weighted by Crippen LogP contribution is -2.23. The molecule has 0 radical (unpaired) electrons. The number of nitrogens with zero attached hydrogens (tertiary/aromatic N) is 3. The van der Waals surface area contributed by atoms with Crippen molar-refractivity contribution < 1.29 is 4.74 Å². The topological polar surface area (TPSA) is 52.0 Å². The van der Waals surface area contributed by atoms with Gasteiger partial charge in [-0.1, -0.05) is 13.8 Å². The summed E-state index contributed by atoms with van der Waals surface area (Å²) in [5, 5.41) is 7.71. The minimum absolute atomic E-state index is 0.326. The molecule has 5 nitrogen and oxygen atoms in total. The summed E-state index contributed by atoms with van der Waals surface area (Å²) >= 11 is 0. The Balaban J connectivity index is 1.81. The molecule has 0 amide bonds. The van der Waals surface area contributed by atoms with Crippen LogP contribution in [-0.2, 0) is 17.8 Å². The van der Waals surface area contributed by atoms with Gasteiger partial charge in [0.2, 0.25) is 0 Å². The van der Waals surface area contributed by atoms with E-state index < -0.39 is 0 Å². The maximum Gasteiger partial charge on any atom is 0.164 e. The van der Waals surface area contributed by atoms with Crippen LogP contribution in [0.15, 0.2) is 6.33 Å². The second-order valence-corrected chi connectivity index (χ2v) is 4.55. The molecule has 1 N–H and O–H groups in total. The molecule has 1 unspecified atom stereocenters. The van der Waals surface area contributed by atoms with Crippen molar-refractivity contribution in [1.29, 1.82) is 0 Å². The van der Waals surface area contributed by atoms with E-state index in [-0.39, 0.29) is 0 Å². The monoisotopic (exact) mass is 224 g/mol. The maximum absolute atomic E-state index is 5.56. The Hall–Kier alpha value is -0.940. The van der Waals surface area contributed by atoms with Gasteiger partial charge in [-0.05, 0) is 12.8 Å². The van der Waals surface area contributed by atoms with Gasteiger partial charge in [0.1, 0.15) is 6.33 Å². The van der Waals surface area contributed by atoms with Gasteiger partial charge in [0, 0.05) is 12.6 Å². The average Bonchev–Trinajstić information content (AvgIpc) is 2.87. The number of hydrogen-bond donors (Lipinski definition) is 1. The molecule has 5 heteroatoms. The molecule has 1 saturated heterocycles. The summed E-state index contributed by atoms with van der Waals surface area (Å²) in [4.78, 5) is 4.26. The maximum atomic E-state index is 5.56. The first-order valence-corrected chi connectivity index (χ1v) is 5.97. The van der Waals surface area contributed by atoms with Gasteiger partial charge in [0.25, 0.3) is 0 Å². The Morgan fingerprint density at radius 2 is 2.50 bits per heavy atom. The molecule has 0 bridgehead atoms. The van der Waals surface area contributed by atoms with Crippen LogP contribution in [0.4, 0.5) is 0 Å². The molecule has 1 aromatic rings. The first-order valence-electron chi connectivity index (χ1n) is 5.97. The summed E-state index contributed by atoms with van der Waals surface area (Å²) < 4.78 is 7.44. The van der Waals surface area contributed by atoms with Gasteiger partial charge < -0.3 is 10.1 Å². The molecular weight excluding hydrogens is 204 g/mol. The van der Waals surface area contributed by atoms with Crippen molar-refractivity contribution >= 4 is 0 Å². The number of rotatable bonds is 5. The fraction of sp³-hybridized carbons (Fsp3) is 0.818. The zero-order valence-electron chi connectivity index (χ0n) is 10.0. The van der Waals surface area contributed by atoms with Crippen LogP contribution in [-0.4, -0.2) is 33.5 Å². The van der Waals surface area contributed by atoms with E-state index in [2.05, 4.69) is 29.2 Å². The predicted molar refractivity (Wildman–Crippen MR) is 61.0 cm³/mol. The third kappa shape index (κ3) is 3.28. The Labute approximate surface area is 96.2 Å². The van der Waals surface area contributed by atoms with E-state index in [1.807, 2.05) is 4.68 Å². The van der Waals surface area contributed by atoms with Gasteiger partial charge in [0.05, 0.1) is 19.2 Å². The van der Waals surface area contributed by atoms with Gasteiger partial charge in [-0.3, -0.25) is 4.68 Å². The third-order valence-electron chi connectivity index (χ3n) is 2.67. The first kappa shape index (κ1) is 11.5. The smallest absolute Gasteiger partial charge is 0.164 e. The van der Waals surface area contributed by atoms with E-state index in [1.165, 1.54) is 6.42 Å². The molecule has 1 aliphatic rings. The number of ether oxygens (including phenoxy) is 1. The molecule has 16 heavy (non-hydrogen) atoms. The van der Waals surface area contributed by atoms with Crippen LogP contribution >= 0.6 is 0 Å². The van der Waals surface area contributed by atoms with E-state index in [9.17, 15) is 0 Å². The van der Waals surface area contributed by atoms with Gasteiger partial charge >= 0.3 is 0 Å². The zero-order valence-corrected chi connectivity index (χ0v) is 10.0. The van der Waals surface area contributed by atoms with E-state index in [0.717, 1.165) is 31.9 Å². The first-order chi connectivity index (χ1) is 7.74. The van der Waals surface area contributed by atoms with Crippen LogP contribution in [0.5, 0.6) is 0 Å². The van der Waals surface area contributed by atoms with Gasteiger partial charge in [-0.15, -0.1) is 0 Å². The standard InChI is InChI=1S/C11H20N4O/c1-9(2)12-6-11-13-8-15(14-11)7-10-4-3-5-16-10/h8-10,12H,3-7H2,1-2H3. The average molecular weight is 224 g/mol. The fourth-order valence-electron chi connectivity index (χ4n) is 1.79. The van der Waals surface area contributed by atoms with E-state index in [1.54, 1.807) is 6.33 Å². The van der Waals surface area contributed by atoms with Crippen LogP contribution in [0.3, 0.4) is 0 Å². The van der Waals surface area contributed by atoms with Crippen LogP contribution < -0.4 is 5.32 Å². The van der Waals surface area contributed by atoms with E-state index in [4.69, 9.17) is 4.74 Å². The Morgan fingerprint density at radius 3 is 3.19 bits per heavy atom. The largest absolute Gasteiger partial charge is 0.376 e. The molecule has 0 aliphatic carbocycles. The van der Waals surface area contributed by atoms with Crippen molar-refractivity contribution in [2.24, 2.45) is 0 Å². The summed E-state index contributed by atoms with van der Waals surface area (Å²) in [7, 11) is 0. The van der Waals surface area contributed by atoms with E-state index in [0.29, 0.717) is 12.1 Å². The summed E-state index contributed by atoms with van der Waals surface area (Å²) in [5.74, 6) is 0.853. The highest BCUT2D eigenvalue weighted by Gasteiger charge is 2.16. The molecular formula is C11H20N4O. The van der Waals surface area contributed by atoms with Crippen molar-refractivity contribution in [2.45, 2.75) is 51.9 Å². The lowest BCUT2D eigenvalue weighted by atomic mass is 10.2. The summed E-state index contributed by atoms with van der Waals surface area (Å²) in [6.07, 6.45) is 4.42. The van der Waals surface area contributed by atoms with Crippen molar-refractivity contribution in [1.82, 2.24) is 20.1 Å². The minimum Gasteiger partial charge on any atom is -0.376 e. The highest BCUT2D eigenvalue weighted by Crippen LogP contribution is 2.13. The molecule has 90 valence electrons. The van der Waals surface area contributed by atoms with Crippen molar-refractivity contribution in [2.75, 3.05) is 6.61 Å². The van der Waals surface area contributed by atoms with Crippen LogP contribution in [0, 0.1) is 0 Å². The number of nitrogens with one attached hydrogen (secondary N) is 1. The van der Waals surface area contributed by atoms with Gasteiger partial charge in [0.15, 0.2) is 5.82 Å². The summed E-state index contributed by atoms with van der Waals surface area (Å²) in [6.45, 7) is 6.68. The second-order valence-electron chi connectivity index (χ2n) is 4.55. The Kier molecular flexibility index (Phi) is 3.90. The lowest BCUT2D eigenvalue weighted by Gasteiger charge is -2.08. The molecule has 1 aliphatic heterocycles. The van der Waals surface area contributed by atoms with Crippen molar-refractivity contribution in [3.8, 4) is 0 Å². The van der Waals surface area contributed by atoms with Crippen LogP contribution in [0.1, 0.15) is 32.5 Å². The molecule has 0 aromatic carbocycles. The lowest BCUT2D eigenvalue weighted by molar-refractivity contribution is 0.0938. The number of hydrogen-bond acceptors (Lipinski definition) is 4. The van der Waals surface area contributed by atoms with E-state index >= 15 is 0 Å². The Bertz CT molecular complexity index is 318. The highest BCUT2D eigenvalue weighted by atomic mass is 16.5. The molecule has 1 aromatic heterocycles. The van der Waals surface area contributed by atoms with Gasteiger partial charge in [-0.25, -0.2) is 4.98 Å². The predicted octanol–water partition coefficient (Wildman–Crippen LogP) is 0.955. The molecule has 2 rings (SSSR count). The molecule has 0 saturated carbocycles. The molecule has 0 spiro atoms. The minimum atomic E-state index is 0.326. The second kappa shape index (κ2) is 5.41. The molecule has 1 atom stereocenters. The van der Waals surface area contributed by atoms with Crippen LogP contribution in [0.2, 0.25) is 0 Å². The normalized spacial score (nSPS) is 20.8. The summed E-state index contributed by atoms with van der Waals surface area (Å²) in [6, 6.07) is 0.463. The quantitative estimate of drug-likeness (QED) is 0.809. The SMILES string of the molecule is CC(C)NCc1ncn(CC2CCCO2)n1. The van der Waals surface area contributed by atoms with Crippen molar-refractivity contribution in [3.05, 3.63) is 12.2 Å². The van der Waals surface area contributed by atoms with Gasteiger partial charge in [-0.2, -0.15) is 5.10 Å². The molecule has 2 heterocycles.